The van der Waals surface area contributed by atoms with Gasteiger partial charge in [-0.2, -0.15) is 0 Å². The maximum atomic E-state index is 14.0. The average Bonchev–Trinajstić information content (AvgIpc) is 2.84. The van der Waals surface area contributed by atoms with E-state index in [1.165, 1.54) is 25.3 Å². The lowest BCUT2D eigenvalue weighted by atomic mass is 9.97. The molecular formula is C26H28FNO5. The first kappa shape index (κ1) is 23.9. The van der Waals surface area contributed by atoms with Gasteiger partial charge in [-0.15, -0.1) is 0 Å². The molecule has 0 saturated carbocycles. The third-order valence-electron chi connectivity index (χ3n) is 5.37. The molecule has 1 atom stereocenters. The van der Waals surface area contributed by atoms with Crippen molar-refractivity contribution in [2.45, 2.75) is 19.4 Å². The lowest BCUT2D eigenvalue weighted by molar-refractivity contribution is -0.142. The molecule has 0 aliphatic carbocycles. The first-order chi connectivity index (χ1) is 15.9. The van der Waals surface area contributed by atoms with Gasteiger partial charge < -0.3 is 24.2 Å². The molecule has 7 heteroatoms. The number of aromatic hydroxyl groups is 1. The predicted octanol–water partition coefficient (Wildman–Crippen LogP) is 5.35. The maximum absolute atomic E-state index is 14.0. The molecule has 3 aromatic carbocycles. The van der Waals surface area contributed by atoms with Crippen LogP contribution in [0.25, 0.3) is 11.1 Å². The van der Waals surface area contributed by atoms with Crippen molar-refractivity contribution in [2.75, 3.05) is 32.8 Å². The van der Waals surface area contributed by atoms with Crippen molar-refractivity contribution in [3.05, 3.63) is 72.0 Å². The molecule has 0 aromatic heterocycles. The number of methoxy groups -OCH3 is 3. The predicted molar refractivity (Wildman–Crippen MR) is 125 cm³/mol. The Bertz CT molecular complexity index is 1120. The van der Waals surface area contributed by atoms with Gasteiger partial charge in [0, 0.05) is 12.6 Å². The van der Waals surface area contributed by atoms with E-state index in [9.17, 15) is 14.3 Å². The van der Waals surface area contributed by atoms with Crippen LogP contribution in [0.3, 0.4) is 0 Å². The highest BCUT2D eigenvalue weighted by atomic mass is 19.1. The van der Waals surface area contributed by atoms with E-state index in [1.807, 2.05) is 49.4 Å². The highest BCUT2D eigenvalue weighted by Gasteiger charge is 2.30. The monoisotopic (exact) mass is 453 g/mol. The van der Waals surface area contributed by atoms with Gasteiger partial charge in [-0.25, -0.2) is 9.18 Å². The Morgan fingerprint density at radius 3 is 2.36 bits per heavy atom. The molecule has 0 spiro atoms. The summed E-state index contributed by atoms with van der Waals surface area (Å²) in [4.78, 5) is 14.6. The number of carbonyl (C=O) groups excluding carboxylic acids is 1. The zero-order chi connectivity index (χ0) is 24.0. The highest BCUT2D eigenvalue weighted by Crippen LogP contribution is 2.37. The number of phenolic OH excluding ortho intramolecular Hbond substituents is 1. The number of carbonyl (C=O) groups is 1. The molecule has 33 heavy (non-hydrogen) atoms. The Hall–Kier alpha value is -3.74. The third-order valence-corrected chi connectivity index (χ3v) is 5.37. The minimum Gasteiger partial charge on any atom is -0.506 e. The fourth-order valence-corrected chi connectivity index (χ4v) is 3.82. The second-order valence-corrected chi connectivity index (χ2v) is 7.45. The lowest BCUT2D eigenvalue weighted by Crippen LogP contribution is -2.35. The molecule has 0 aliphatic rings. The number of nitrogens with zero attached hydrogens (tertiary/aromatic N) is 1. The van der Waals surface area contributed by atoms with E-state index in [0.717, 1.165) is 11.1 Å². The van der Waals surface area contributed by atoms with Gasteiger partial charge >= 0.3 is 5.97 Å². The van der Waals surface area contributed by atoms with Gasteiger partial charge in [0.2, 0.25) is 0 Å². The van der Waals surface area contributed by atoms with Crippen LogP contribution in [0, 0.1) is 5.82 Å². The summed E-state index contributed by atoms with van der Waals surface area (Å²) < 4.78 is 29.9. The van der Waals surface area contributed by atoms with Gasteiger partial charge in [0.05, 0.1) is 27.0 Å². The van der Waals surface area contributed by atoms with Crippen LogP contribution in [0.5, 0.6) is 17.2 Å². The molecule has 0 fully saturated rings. The SMILES string of the molecule is CCCN(c1cc(F)ccc1O)C(C(=O)OC)c1cccc(-c2ccc(OC)c(OC)c2)c1. The quantitative estimate of drug-likeness (QED) is 0.441. The van der Waals surface area contributed by atoms with E-state index in [-0.39, 0.29) is 11.4 Å². The third kappa shape index (κ3) is 5.19. The van der Waals surface area contributed by atoms with Crippen LogP contribution in [-0.4, -0.2) is 38.9 Å². The summed E-state index contributed by atoms with van der Waals surface area (Å²) in [6.45, 7) is 2.34. The molecule has 0 bridgehead atoms. The van der Waals surface area contributed by atoms with Crippen molar-refractivity contribution in [3.63, 3.8) is 0 Å². The van der Waals surface area contributed by atoms with Crippen LogP contribution in [0.2, 0.25) is 0 Å². The van der Waals surface area contributed by atoms with Crippen LogP contribution < -0.4 is 14.4 Å². The van der Waals surface area contributed by atoms with Crippen LogP contribution in [0.1, 0.15) is 24.9 Å². The number of esters is 1. The highest BCUT2D eigenvalue weighted by molar-refractivity contribution is 5.83. The normalized spacial score (nSPS) is 11.5. The van der Waals surface area contributed by atoms with E-state index < -0.39 is 17.8 Å². The van der Waals surface area contributed by atoms with Crippen LogP contribution >= 0.6 is 0 Å². The summed E-state index contributed by atoms with van der Waals surface area (Å²) in [6.07, 6.45) is 0.665. The lowest BCUT2D eigenvalue weighted by Gasteiger charge is -2.32. The molecule has 1 unspecified atom stereocenters. The van der Waals surface area contributed by atoms with Gasteiger partial charge in [-0.1, -0.05) is 31.2 Å². The van der Waals surface area contributed by atoms with E-state index in [1.54, 1.807) is 19.1 Å². The maximum Gasteiger partial charge on any atom is 0.333 e. The second kappa shape index (κ2) is 10.7. The molecule has 1 N–H and O–H groups in total. The number of rotatable bonds is 9. The fourth-order valence-electron chi connectivity index (χ4n) is 3.82. The number of hydrogen-bond donors (Lipinski definition) is 1. The second-order valence-electron chi connectivity index (χ2n) is 7.45. The number of hydrogen-bond acceptors (Lipinski definition) is 6. The molecule has 0 aliphatic heterocycles. The number of anilines is 1. The van der Waals surface area contributed by atoms with Gasteiger partial charge in [-0.3, -0.25) is 0 Å². The standard InChI is InChI=1S/C26H28FNO5/c1-5-13-28(21-16-20(27)10-11-22(21)29)25(26(30)33-4)19-8-6-7-17(14-19)18-9-12-23(31-2)24(15-18)32-3/h6-12,14-16,25,29H,5,13H2,1-4H3. The minimum absolute atomic E-state index is 0.116. The molecule has 174 valence electrons. The van der Waals surface area contributed by atoms with Crippen LogP contribution in [0.15, 0.2) is 60.7 Å². The number of halogens is 1. The van der Waals surface area contributed by atoms with Gasteiger partial charge in [0.1, 0.15) is 11.6 Å². The van der Waals surface area contributed by atoms with Crippen molar-refractivity contribution in [2.24, 2.45) is 0 Å². The van der Waals surface area contributed by atoms with Crippen molar-refractivity contribution in [1.29, 1.82) is 0 Å². The Balaban J connectivity index is 2.12. The number of phenols is 1. The fraction of sp³-hybridized carbons (Fsp3) is 0.269. The molecule has 0 radical (unpaired) electrons. The van der Waals surface area contributed by atoms with Crippen LogP contribution in [-0.2, 0) is 9.53 Å². The first-order valence-corrected chi connectivity index (χ1v) is 10.6. The van der Waals surface area contributed by atoms with Crippen molar-refractivity contribution >= 4 is 11.7 Å². The van der Waals surface area contributed by atoms with Gasteiger partial charge in [-0.05, 0) is 53.4 Å². The van der Waals surface area contributed by atoms with Crippen molar-refractivity contribution in [3.8, 4) is 28.4 Å². The average molecular weight is 454 g/mol. The van der Waals surface area contributed by atoms with E-state index in [0.29, 0.717) is 30.0 Å². The number of benzene rings is 3. The minimum atomic E-state index is -0.886. The van der Waals surface area contributed by atoms with Crippen molar-refractivity contribution < 1.29 is 28.5 Å². The molecule has 3 aromatic rings. The molecular weight excluding hydrogens is 425 g/mol. The summed E-state index contributed by atoms with van der Waals surface area (Å²) in [6, 6.07) is 15.8. The van der Waals surface area contributed by atoms with E-state index in [4.69, 9.17) is 14.2 Å². The zero-order valence-electron chi connectivity index (χ0n) is 19.2. The summed E-state index contributed by atoms with van der Waals surface area (Å²) in [5, 5.41) is 10.4. The molecule has 0 saturated heterocycles. The van der Waals surface area contributed by atoms with E-state index >= 15 is 0 Å². The topological polar surface area (TPSA) is 68.2 Å². The molecule has 0 heterocycles. The molecule has 3 rings (SSSR count). The Kier molecular flexibility index (Phi) is 7.77. The van der Waals surface area contributed by atoms with Gasteiger partial charge in [0.25, 0.3) is 0 Å². The Labute approximate surface area is 193 Å². The Morgan fingerprint density at radius 2 is 1.70 bits per heavy atom. The van der Waals surface area contributed by atoms with Crippen LogP contribution in [0.4, 0.5) is 10.1 Å². The largest absolute Gasteiger partial charge is 0.506 e. The molecule has 6 nitrogen and oxygen atoms in total. The van der Waals surface area contributed by atoms with Crippen molar-refractivity contribution in [1.82, 2.24) is 0 Å². The zero-order valence-corrected chi connectivity index (χ0v) is 19.2. The summed E-state index contributed by atoms with van der Waals surface area (Å²) in [5.74, 6) is 0.0562. The summed E-state index contributed by atoms with van der Waals surface area (Å²) in [7, 11) is 4.45. The Morgan fingerprint density at radius 1 is 0.970 bits per heavy atom. The van der Waals surface area contributed by atoms with Gasteiger partial charge in [0.15, 0.2) is 17.5 Å². The summed E-state index contributed by atoms with van der Waals surface area (Å²) in [5.41, 5.74) is 2.59. The number of ether oxygens (including phenoxy) is 3. The summed E-state index contributed by atoms with van der Waals surface area (Å²) >= 11 is 0. The molecule has 0 amide bonds. The first-order valence-electron chi connectivity index (χ1n) is 10.6. The van der Waals surface area contributed by atoms with E-state index in [2.05, 4.69) is 0 Å². The smallest absolute Gasteiger partial charge is 0.333 e.